The van der Waals surface area contributed by atoms with Crippen LogP contribution in [0.2, 0.25) is 0 Å². The summed E-state index contributed by atoms with van der Waals surface area (Å²) < 4.78 is 25.3. The highest BCUT2D eigenvalue weighted by Crippen LogP contribution is 2.09. The van der Waals surface area contributed by atoms with Crippen LogP contribution in [0.25, 0.3) is 0 Å². The quantitative estimate of drug-likeness (QED) is 0.699. The molecule has 7 nitrogen and oxygen atoms in total. The van der Waals surface area contributed by atoms with Crippen LogP contribution in [0.3, 0.4) is 0 Å². The lowest BCUT2D eigenvalue weighted by Gasteiger charge is -2.29. The minimum absolute atomic E-state index is 0.0478. The molecule has 1 aliphatic heterocycles. The minimum atomic E-state index is -3.26. The maximum absolute atomic E-state index is 11.9. The highest BCUT2D eigenvalue weighted by Gasteiger charge is 2.18. The Labute approximate surface area is 143 Å². The fourth-order valence-corrected chi connectivity index (χ4v) is 3.39. The monoisotopic (exact) mass is 354 g/mol. The number of hydrogen-bond donors (Lipinski definition) is 3. The third kappa shape index (κ3) is 6.10. The van der Waals surface area contributed by atoms with Crippen LogP contribution in [-0.2, 0) is 22.3 Å². The Bertz CT molecular complexity index is 638. The largest absolute Gasteiger partial charge is 0.335 e. The van der Waals surface area contributed by atoms with E-state index in [-0.39, 0.29) is 17.8 Å². The maximum atomic E-state index is 11.9. The van der Waals surface area contributed by atoms with E-state index in [0.29, 0.717) is 12.1 Å². The zero-order valence-corrected chi connectivity index (χ0v) is 15.0. The molecule has 3 N–H and O–H groups in total. The first kappa shape index (κ1) is 18.7. The van der Waals surface area contributed by atoms with Gasteiger partial charge >= 0.3 is 6.03 Å². The van der Waals surface area contributed by atoms with Crippen molar-refractivity contribution in [1.82, 2.24) is 20.3 Å². The SMILES string of the molecule is CNS(=O)(=O)Cc1ccc(CNC(=O)NC2CCN(C)CC2)cc1. The fourth-order valence-electron chi connectivity index (χ4n) is 2.62. The minimum Gasteiger partial charge on any atom is -0.335 e. The number of sulfonamides is 1. The molecule has 1 heterocycles. The lowest BCUT2D eigenvalue weighted by molar-refractivity contribution is 0.213. The number of benzene rings is 1. The molecule has 0 aliphatic carbocycles. The summed E-state index contributed by atoms with van der Waals surface area (Å²) in [7, 11) is 0.220. The topological polar surface area (TPSA) is 90.5 Å². The molecule has 1 aromatic rings. The van der Waals surface area contributed by atoms with Gasteiger partial charge in [-0.3, -0.25) is 0 Å². The van der Waals surface area contributed by atoms with Crippen LogP contribution in [0, 0.1) is 0 Å². The standard InChI is InChI=1S/C16H26N4O3S/c1-17-24(22,23)12-14-5-3-13(4-6-14)11-18-16(21)19-15-7-9-20(2)10-8-15/h3-6,15,17H,7-12H2,1-2H3,(H2,18,19,21). The molecule has 2 amide bonds. The highest BCUT2D eigenvalue weighted by molar-refractivity contribution is 7.88. The van der Waals surface area contributed by atoms with E-state index in [0.717, 1.165) is 31.5 Å². The molecule has 0 spiro atoms. The first-order valence-corrected chi connectivity index (χ1v) is 9.75. The smallest absolute Gasteiger partial charge is 0.315 e. The van der Waals surface area contributed by atoms with Gasteiger partial charge in [-0.25, -0.2) is 17.9 Å². The molecule has 0 bridgehead atoms. The number of carbonyl (C=O) groups is 1. The molecule has 0 aromatic heterocycles. The number of piperidine rings is 1. The Morgan fingerprint density at radius 2 is 1.75 bits per heavy atom. The van der Waals surface area contributed by atoms with Gasteiger partial charge in [-0.15, -0.1) is 0 Å². The number of urea groups is 1. The molecule has 2 rings (SSSR count). The summed E-state index contributed by atoms with van der Waals surface area (Å²) in [5.74, 6) is -0.0478. The van der Waals surface area contributed by atoms with Crippen molar-refractivity contribution in [2.75, 3.05) is 27.2 Å². The summed E-state index contributed by atoms with van der Waals surface area (Å²) >= 11 is 0. The van der Waals surface area contributed by atoms with Crippen LogP contribution in [0.5, 0.6) is 0 Å². The summed E-state index contributed by atoms with van der Waals surface area (Å²) in [4.78, 5) is 14.2. The van der Waals surface area contributed by atoms with Gasteiger partial charge in [-0.1, -0.05) is 24.3 Å². The zero-order valence-electron chi connectivity index (χ0n) is 14.2. The predicted molar refractivity (Wildman–Crippen MR) is 94.0 cm³/mol. The van der Waals surface area contributed by atoms with Crippen LogP contribution >= 0.6 is 0 Å². The van der Waals surface area contributed by atoms with Gasteiger partial charge in [0.05, 0.1) is 5.75 Å². The Morgan fingerprint density at radius 1 is 1.17 bits per heavy atom. The highest BCUT2D eigenvalue weighted by atomic mass is 32.2. The van der Waals surface area contributed by atoms with E-state index in [1.165, 1.54) is 7.05 Å². The van der Waals surface area contributed by atoms with Crippen LogP contribution in [0.1, 0.15) is 24.0 Å². The molecule has 0 radical (unpaired) electrons. The van der Waals surface area contributed by atoms with Gasteiger partial charge in [-0.05, 0) is 51.2 Å². The number of hydrogen-bond acceptors (Lipinski definition) is 4. The van der Waals surface area contributed by atoms with E-state index < -0.39 is 10.0 Å². The van der Waals surface area contributed by atoms with Crippen molar-refractivity contribution in [3.63, 3.8) is 0 Å². The van der Waals surface area contributed by atoms with Crippen molar-refractivity contribution in [3.8, 4) is 0 Å². The first-order chi connectivity index (χ1) is 11.4. The lowest BCUT2D eigenvalue weighted by Crippen LogP contribution is -2.46. The predicted octanol–water partition coefficient (Wildman–Crippen LogP) is 0.629. The summed E-state index contributed by atoms with van der Waals surface area (Å²) in [6.45, 7) is 2.42. The summed E-state index contributed by atoms with van der Waals surface area (Å²) in [5, 5.41) is 5.84. The van der Waals surface area contributed by atoms with E-state index in [4.69, 9.17) is 0 Å². The van der Waals surface area contributed by atoms with Crippen molar-refractivity contribution < 1.29 is 13.2 Å². The van der Waals surface area contributed by atoms with Crippen molar-refractivity contribution in [3.05, 3.63) is 35.4 Å². The van der Waals surface area contributed by atoms with Crippen LogP contribution in [0.15, 0.2) is 24.3 Å². The van der Waals surface area contributed by atoms with E-state index in [9.17, 15) is 13.2 Å². The second-order valence-electron chi connectivity index (χ2n) is 6.18. The normalized spacial score (nSPS) is 16.8. The van der Waals surface area contributed by atoms with Crippen molar-refractivity contribution in [2.45, 2.75) is 31.2 Å². The molecular formula is C16H26N4O3S. The molecule has 1 saturated heterocycles. The van der Waals surface area contributed by atoms with E-state index >= 15 is 0 Å². The van der Waals surface area contributed by atoms with Gasteiger partial charge in [0.1, 0.15) is 0 Å². The molecule has 0 unspecified atom stereocenters. The third-order valence-corrected chi connectivity index (χ3v) is 5.53. The number of nitrogens with zero attached hydrogens (tertiary/aromatic N) is 1. The number of likely N-dealkylation sites (tertiary alicyclic amines) is 1. The Hall–Kier alpha value is -1.64. The molecule has 0 saturated carbocycles. The second kappa shape index (κ2) is 8.46. The molecule has 1 aromatic carbocycles. The van der Waals surface area contributed by atoms with Gasteiger partial charge in [-0.2, -0.15) is 0 Å². The number of nitrogens with one attached hydrogen (secondary N) is 3. The summed E-state index contributed by atoms with van der Waals surface area (Å²) in [5.41, 5.74) is 1.64. The molecule has 1 aliphatic rings. The van der Waals surface area contributed by atoms with E-state index in [1.54, 1.807) is 12.1 Å². The Morgan fingerprint density at radius 3 is 2.33 bits per heavy atom. The van der Waals surface area contributed by atoms with Crippen molar-refractivity contribution in [2.24, 2.45) is 0 Å². The molecular weight excluding hydrogens is 328 g/mol. The van der Waals surface area contributed by atoms with E-state index in [1.807, 2.05) is 12.1 Å². The average Bonchev–Trinajstić information content (AvgIpc) is 2.56. The number of rotatable bonds is 6. The number of carbonyl (C=O) groups excluding carboxylic acids is 1. The maximum Gasteiger partial charge on any atom is 0.315 e. The van der Waals surface area contributed by atoms with Crippen LogP contribution < -0.4 is 15.4 Å². The Balaban J connectivity index is 1.76. The molecule has 0 atom stereocenters. The average molecular weight is 354 g/mol. The Kier molecular flexibility index (Phi) is 6.59. The summed E-state index contributed by atoms with van der Waals surface area (Å²) in [6.07, 6.45) is 1.94. The molecule has 1 fully saturated rings. The van der Waals surface area contributed by atoms with Crippen molar-refractivity contribution in [1.29, 1.82) is 0 Å². The molecule has 134 valence electrons. The lowest BCUT2D eigenvalue weighted by atomic mass is 10.1. The first-order valence-electron chi connectivity index (χ1n) is 8.10. The fraction of sp³-hybridized carbons (Fsp3) is 0.562. The van der Waals surface area contributed by atoms with Crippen molar-refractivity contribution >= 4 is 16.1 Å². The van der Waals surface area contributed by atoms with Gasteiger partial charge < -0.3 is 15.5 Å². The molecule has 8 heteroatoms. The molecule has 24 heavy (non-hydrogen) atoms. The third-order valence-electron chi connectivity index (χ3n) is 4.20. The van der Waals surface area contributed by atoms with Gasteiger partial charge in [0.2, 0.25) is 10.0 Å². The van der Waals surface area contributed by atoms with E-state index in [2.05, 4.69) is 27.3 Å². The van der Waals surface area contributed by atoms with Crippen LogP contribution in [-0.4, -0.2) is 52.6 Å². The zero-order chi connectivity index (χ0) is 17.6. The van der Waals surface area contributed by atoms with Gasteiger partial charge in [0, 0.05) is 12.6 Å². The number of amides is 2. The second-order valence-corrected chi connectivity index (χ2v) is 8.11. The van der Waals surface area contributed by atoms with Gasteiger partial charge in [0.15, 0.2) is 0 Å². The van der Waals surface area contributed by atoms with Gasteiger partial charge in [0.25, 0.3) is 0 Å². The van der Waals surface area contributed by atoms with Crippen LogP contribution in [0.4, 0.5) is 4.79 Å². The summed E-state index contributed by atoms with van der Waals surface area (Å²) in [6, 6.07) is 7.26.